The lowest BCUT2D eigenvalue weighted by Gasteiger charge is -2.20. The Morgan fingerprint density at radius 3 is 1.29 bits per heavy atom. The number of rotatable bonds is 8. The zero-order valence-electron chi connectivity index (χ0n) is 19.2. The molecular formula is C25H29O5P. The van der Waals surface area contributed by atoms with Crippen LogP contribution in [0.2, 0.25) is 0 Å². The van der Waals surface area contributed by atoms with Crippen LogP contribution < -0.4 is 0 Å². The van der Waals surface area contributed by atoms with E-state index in [0.717, 1.165) is 11.1 Å². The van der Waals surface area contributed by atoms with Crippen molar-refractivity contribution >= 4 is 29.8 Å². The summed E-state index contributed by atoms with van der Waals surface area (Å²) in [6, 6.07) is 7.15. The molecule has 2 aromatic rings. The van der Waals surface area contributed by atoms with Crippen LogP contribution in [0, 0.1) is 41.5 Å². The minimum Gasteiger partial charge on any atom is -0.306 e. The highest BCUT2D eigenvalue weighted by Crippen LogP contribution is 2.53. The maximum atomic E-state index is 14.2. The fourth-order valence-electron chi connectivity index (χ4n) is 4.21. The lowest BCUT2D eigenvalue weighted by Crippen LogP contribution is -2.22. The molecule has 0 spiro atoms. The van der Waals surface area contributed by atoms with Crippen LogP contribution in [0.25, 0.3) is 0 Å². The molecule has 0 bridgehead atoms. The number of aryl methyl sites for hydroxylation is 6. The van der Waals surface area contributed by atoms with Gasteiger partial charge >= 0.3 is 0 Å². The summed E-state index contributed by atoms with van der Waals surface area (Å²) < 4.78 is 14.2. The number of ketones is 2. The quantitative estimate of drug-likeness (QED) is 0.404. The summed E-state index contributed by atoms with van der Waals surface area (Å²) in [5.41, 5.74) is 3.07. The first kappa shape index (κ1) is 24.6. The molecule has 6 heteroatoms. The van der Waals surface area contributed by atoms with E-state index in [9.17, 15) is 23.7 Å². The molecule has 0 fully saturated rings. The summed E-state index contributed by atoms with van der Waals surface area (Å²) in [6.07, 6.45) is -1.20. The summed E-state index contributed by atoms with van der Waals surface area (Å²) in [7, 11) is -4.38. The number of carbonyl (C=O) groups excluding carboxylic acids is 4. The average Bonchev–Trinajstić information content (AvgIpc) is 2.58. The fourth-order valence-corrected chi connectivity index (χ4v) is 6.72. The molecule has 164 valence electrons. The highest BCUT2D eigenvalue weighted by atomic mass is 31.2. The van der Waals surface area contributed by atoms with Gasteiger partial charge in [0.25, 0.3) is 0 Å². The lowest BCUT2D eigenvalue weighted by molar-refractivity contribution is -0.124. The number of carbonyl (C=O) groups is 4. The summed E-state index contributed by atoms with van der Waals surface area (Å²) in [4.78, 5) is 51.2. The van der Waals surface area contributed by atoms with Crippen molar-refractivity contribution < 1.29 is 23.7 Å². The first-order valence-corrected chi connectivity index (χ1v) is 12.0. The molecule has 0 aliphatic rings. The molecule has 0 saturated carbocycles. The Hall–Kier alpha value is -2.65. The largest absolute Gasteiger partial charge is 0.306 e. The van der Waals surface area contributed by atoms with Gasteiger partial charge in [-0.2, -0.15) is 0 Å². The van der Waals surface area contributed by atoms with E-state index in [4.69, 9.17) is 0 Å². The molecule has 31 heavy (non-hydrogen) atoms. The monoisotopic (exact) mass is 440 g/mol. The Labute approximate surface area is 183 Å². The van der Waals surface area contributed by atoms with E-state index in [0.29, 0.717) is 22.3 Å². The van der Waals surface area contributed by atoms with Gasteiger partial charge in [0.1, 0.15) is 11.6 Å². The van der Waals surface area contributed by atoms with Gasteiger partial charge in [-0.3, -0.25) is 19.2 Å². The Morgan fingerprint density at radius 1 is 0.677 bits per heavy atom. The zero-order chi connectivity index (χ0) is 23.7. The lowest BCUT2D eigenvalue weighted by atomic mass is 10.0. The van der Waals surface area contributed by atoms with Crippen LogP contribution in [-0.4, -0.2) is 28.8 Å². The number of Topliss-reactive ketones (excluding diaryl/α,β-unsaturated/α-hetero) is 2. The molecule has 0 radical (unpaired) electrons. The standard InChI is InChI=1S/C25H29O5P/c1-14-8-16(3)22(17(4)9-14)24(28)31(30,13-21(27)12-20(7)26)25(29)23-18(5)10-15(2)11-19(23)6/h8-11H,12-13H2,1-7H3. The fraction of sp³-hybridized carbons (Fsp3) is 0.360. The first-order valence-electron chi connectivity index (χ1n) is 10.1. The third-order valence-electron chi connectivity index (χ3n) is 5.28. The number of benzene rings is 2. The Bertz CT molecular complexity index is 1040. The van der Waals surface area contributed by atoms with Gasteiger partial charge in [0.15, 0.2) is 0 Å². The van der Waals surface area contributed by atoms with Crippen LogP contribution in [0.3, 0.4) is 0 Å². The highest BCUT2D eigenvalue weighted by Gasteiger charge is 2.44. The molecular weight excluding hydrogens is 411 g/mol. The molecule has 0 heterocycles. The molecule has 0 atom stereocenters. The van der Waals surface area contributed by atoms with E-state index < -0.39 is 42.3 Å². The van der Waals surface area contributed by atoms with E-state index >= 15 is 0 Å². The smallest absolute Gasteiger partial charge is 0.229 e. The second kappa shape index (κ2) is 9.23. The average molecular weight is 440 g/mol. The van der Waals surface area contributed by atoms with E-state index in [1.54, 1.807) is 52.0 Å². The predicted molar refractivity (Wildman–Crippen MR) is 123 cm³/mol. The maximum absolute atomic E-state index is 14.2. The van der Waals surface area contributed by atoms with Crippen molar-refractivity contribution in [2.24, 2.45) is 0 Å². The minimum atomic E-state index is -4.38. The molecule has 2 aromatic carbocycles. The Morgan fingerprint density at radius 2 is 1.00 bits per heavy atom. The van der Waals surface area contributed by atoms with Crippen molar-refractivity contribution in [2.75, 3.05) is 6.16 Å². The normalized spacial score (nSPS) is 11.3. The SMILES string of the molecule is CC(=O)CC(=O)CP(=O)(C(=O)c1c(C)cc(C)cc1C)C(=O)c1c(C)cc(C)cc1C. The van der Waals surface area contributed by atoms with Gasteiger partial charge in [-0.05, 0) is 70.7 Å². The summed E-state index contributed by atoms with van der Waals surface area (Å²) >= 11 is 0. The molecule has 0 amide bonds. The van der Waals surface area contributed by atoms with E-state index in [2.05, 4.69) is 0 Å². The van der Waals surface area contributed by atoms with E-state index in [-0.39, 0.29) is 11.1 Å². The van der Waals surface area contributed by atoms with Crippen molar-refractivity contribution in [2.45, 2.75) is 54.9 Å². The van der Waals surface area contributed by atoms with Crippen molar-refractivity contribution in [1.82, 2.24) is 0 Å². The van der Waals surface area contributed by atoms with Gasteiger partial charge in [-0.1, -0.05) is 35.4 Å². The van der Waals surface area contributed by atoms with Gasteiger partial charge in [0.2, 0.25) is 18.2 Å². The topological polar surface area (TPSA) is 85.3 Å². The van der Waals surface area contributed by atoms with Gasteiger partial charge in [-0.15, -0.1) is 0 Å². The second-order valence-corrected chi connectivity index (χ2v) is 11.1. The van der Waals surface area contributed by atoms with Crippen LogP contribution in [0.15, 0.2) is 24.3 Å². The third-order valence-corrected chi connectivity index (χ3v) is 7.84. The molecule has 0 unspecified atom stereocenters. The van der Waals surface area contributed by atoms with Crippen LogP contribution in [0.5, 0.6) is 0 Å². The van der Waals surface area contributed by atoms with Crippen molar-refractivity contribution in [3.8, 4) is 0 Å². The van der Waals surface area contributed by atoms with Gasteiger partial charge < -0.3 is 4.57 Å². The summed E-state index contributed by atoms with van der Waals surface area (Å²) in [5, 5.41) is 0. The molecule has 0 aliphatic carbocycles. The molecule has 0 saturated heterocycles. The molecule has 0 N–H and O–H groups in total. The Balaban J connectivity index is 2.72. The van der Waals surface area contributed by atoms with Gasteiger partial charge in [0, 0.05) is 11.1 Å². The number of hydrogen-bond acceptors (Lipinski definition) is 5. The zero-order valence-corrected chi connectivity index (χ0v) is 20.1. The van der Waals surface area contributed by atoms with Crippen molar-refractivity contribution in [3.63, 3.8) is 0 Å². The molecule has 0 aliphatic heterocycles. The van der Waals surface area contributed by atoms with Crippen LogP contribution in [0.1, 0.15) is 67.4 Å². The first-order chi connectivity index (χ1) is 14.3. The summed E-state index contributed by atoms with van der Waals surface area (Å²) in [5.74, 6) is -1.07. The minimum absolute atomic E-state index is 0.209. The Kier molecular flexibility index (Phi) is 7.33. The van der Waals surface area contributed by atoms with Gasteiger partial charge in [0.05, 0.1) is 12.6 Å². The molecule has 2 rings (SSSR count). The molecule has 0 aromatic heterocycles. The highest BCUT2D eigenvalue weighted by molar-refractivity contribution is 7.96. The number of hydrogen-bond donors (Lipinski definition) is 0. The summed E-state index contributed by atoms with van der Waals surface area (Å²) in [6.45, 7) is 11.9. The van der Waals surface area contributed by atoms with Crippen LogP contribution in [-0.2, 0) is 14.2 Å². The molecule has 5 nitrogen and oxygen atoms in total. The predicted octanol–water partition coefficient (Wildman–Crippen LogP) is 5.43. The van der Waals surface area contributed by atoms with Crippen LogP contribution >= 0.6 is 7.14 Å². The van der Waals surface area contributed by atoms with Crippen LogP contribution in [0.4, 0.5) is 0 Å². The van der Waals surface area contributed by atoms with E-state index in [1.165, 1.54) is 6.92 Å². The maximum Gasteiger partial charge on any atom is 0.229 e. The van der Waals surface area contributed by atoms with Crippen molar-refractivity contribution in [1.29, 1.82) is 0 Å². The second-order valence-electron chi connectivity index (χ2n) is 8.47. The van der Waals surface area contributed by atoms with Gasteiger partial charge in [-0.25, -0.2) is 0 Å². The van der Waals surface area contributed by atoms with Crippen molar-refractivity contribution in [3.05, 3.63) is 68.8 Å². The third kappa shape index (κ3) is 5.16. The van der Waals surface area contributed by atoms with E-state index in [1.807, 2.05) is 13.8 Å².